The molecular weight excluding hydrogens is 423 g/mol. The van der Waals surface area contributed by atoms with Gasteiger partial charge in [0.15, 0.2) is 0 Å². The van der Waals surface area contributed by atoms with Gasteiger partial charge >= 0.3 is 6.03 Å². The minimum Gasteiger partial charge on any atom is -0.327 e. The minimum atomic E-state index is -0.607. The van der Waals surface area contributed by atoms with Gasteiger partial charge in [-0.05, 0) is 28.7 Å². The van der Waals surface area contributed by atoms with E-state index < -0.39 is 17.8 Å². The molecular formula is C25H27FN4O3. The molecule has 2 aliphatic rings. The molecule has 2 heterocycles. The number of para-hydroxylation sites is 1. The number of anilines is 1. The molecule has 1 unspecified atom stereocenters. The number of carbonyl (C=O) groups excluding carboxylic acids is 3. The van der Waals surface area contributed by atoms with Crippen LogP contribution in [0.5, 0.6) is 0 Å². The van der Waals surface area contributed by atoms with Crippen molar-refractivity contribution >= 4 is 23.5 Å². The first-order chi connectivity index (χ1) is 15.6. The number of nitrogens with zero attached hydrogens (tertiary/aromatic N) is 2. The summed E-state index contributed by atoms with van der Waals surface area (Å²) < 4.78 is 13.9. The molecule has 8 heteroatoms. The zero-order valence-electron chi connectivity index (χ0n) is 19.1. The maximum absolute atomic E-state index is 13.9. The maximum Gasteiger partial charge on any atom is 0.322 e. The second-order valence-electron chi connectivity index (χ2n) is 9.36. The van der Waals surface area contributed by atoms with E-state index in [4.69, 9.17) is 0 Å². The SMILES string of the molecule is CN1C(=O)NC(c2ccc(C(C)(C)C)cc2)C2=C1CN(CC(=O)Nc1ccccc1F)C2=O. The summed E-state index contributed by atoms with van der Waals surface area (Å²) in [5.41, 5.74) is 2.97. The first-order valence-electron chi connectivity index (χ1n) is 10.8. The quantitative estimate of drug-likeness (QED) is 0.748. The minimum absolute atomic E-state index is 0.0233. The molecule has 0 aliphatic carbocycles. The fraction of sp³-hybridized carbons (Fsp3) is 0.320. The van der Waals surface area contributed by atoms with Crippen LogP contribution in [0.25, 0.3) is 0 Å². The van der Waals surface area contributed by atoms with Crippen LogP contribution in [0.2, 0.25) is 0 Å². The molecule has 0 bridgehead atoms. The van der Waals surface area contributed by atoms with E-state index in [9.17, 15) is 18.8 Å². The Kier molecular flexibility index (Phi) is 5.69. The highest BCUT2D eigenvalue weighted by Gasteiger charge is 2.43. The number of hydrogen-bond donors (Lipinski definition) is 2. The van der Waals surface area contributed by atoms with Crippen LogP contribution in [0.15, 0.2) is 59.8 Å². The fourth-order valence-corrected chi connectivity index (χ4v) is 4.10. The predicted molar refractivity (Wildman–Crippen MR) is 123 cm³/mol. The summed E-state index contributed by atoms with van der Waals surface area (Å²) in [6.45, 7) is 6.22. The number of benzene rings is 2. The molecule has 4 rings (SSSR count). The molecule has 2 aromatic rings. The lowest BCUT2D eigenvalue weighted by Crippen LogP contribution is -2.45. The number of halogens is 1. The Hall–Kier alpha value is -3.68. The van der Waals surface area contributed by atoms with Gasteiger partial charge in [-0.3, -0.25) is 14.5 Å². The van der Waals surface area contributed by atoms with Crippen LogP contribution in [0.3, 0.4) is 0 Å². The van der Waals surface area contributed by atoms with E-state index in [0.29, 0.717) is 11.3 Å². The van der Waals surface area contributed by atoms with Crippen molar-refractivity contribution in [3.05, 3.63) is 76.7 Å². The van der Waals surface area contributed by atoms with Gasteiger partial charge in [-0.15, -0.1) is 0 Å². The van der Waals surface area contributed by atoms with Crippen LogP contribution in [0.1, 0.15) is 37.9 Å². The standard InChI is InChI=1S/C25H27FN4O3/c1-25(2,3)16-11-9-15(10-12-16)22-21-19(29(4)24(33)28-22)13-30(23(21)32)14-20(31)27-18-8-6-5-7-17(18)26/h5-12,22H,13-14H2,1-4H3,(H,27,31)(H,28,33). The average molecular weight is 451 g/mol. The van der Waals surface area contributed by atoms with Gasteiger partial charge in [0, 0.05) is 7.05 Å². The summed E-state index contributed by atoms with van der Waals surface area (Å²) >= 11 is 0. The highest BCUT2D eigenvalue weighted by Crippen LogP contribution is 2.36. The van der Waals surface area contributed by atoms with Crippen molar-refractivity contribution in [2.75, 3.05) is 25.5 Å². The van der Waals surface area contributed by atoms with Crippen LogP contribution in [0, 0.1) is 5.82 Å². The van der Waals surface area contributed by atoms with Crippen LogP contribution >= 0.6 is 0 Å². The Morgan fingerprint density at radius 3 is 2.42 bits per heavy atom. The first-order valence-corrected chi connectivity index (χ1v) is 10.8. The van der Waals surface area contributed by atoms with Gasteiger partial charge in [0.1, 0.15) is 12.4 Å². The molecule has 0 spiro atoms. The maximum atomic E-state index is 13.9. The number of rotatable bonds is 4. The van der Waals surface area contributed by atoms with Crippen molar-refractivity contribution in [3.63, 3.8) is 0 Å². The van der Waals surface area contributed by atoms with Crippen molar-refractivity contribution in [2.24, 2.45) is 0 Å². The third kappa shape index (κ3) is 4.33. The summed E-state index contributed by atoms with van der Waals surface area (Å²) in [5, 5.41) is 5.39. The number of likely N-dealkylation sites (N-methyl/N-ethyl adjacent to an activating group) is 1. The lowest BCUT2D eigenvalue weighted by molar-refractivity contribution is -0.130. The summed E-state index contributed by atoms with van der Waals surface area (Å²) in [6.07, 6.45) is 0. The van der Waals surface area contributed by atoms with Gasteiger partial charge in [0.2, 0.25) is 5.91 Å². The molecule has 7 nitrogen and oxygen atoms in total. The fourth-order valence-electron chi connectivity index (χ4n) is 4.10. The zero-order valence-corrected chi connectivity index (χ0v) is 19.1. The number of hydrogen-bond acceptors (Lipinski definition) is 3. The normalized spacial score (nSPS) is 18.4. The Balaban J connectivity index is 1.56. The molecule has 0 radical (unpaired) electrons. The Morgan fingerprint density at radius 1 is 1.12 bits per heavy atom. The van der Waals surface area contributed by atoms with Crippen LogP contribution in [-0.2, 0) is 15.0 Å². The van der Waals surface area contributed by atoms with E-state index in [1.165, 1.54) is 28.0 Å². The Bertz CT molecular complexity index is 1150. The molecule has 2 aromatic carbocycles. The second-order valence-corrected chi connectivity index (χ2v) is 9.36. The highest BCUT2D eigenvalue weighted by atomic mass is 19.1. The summed E-state index contributed by atoms with van der Waals surface area (Å²) in [5.74, 6) is -1.39. The third-order valence-corrected chi connectivity index (χ3v) is 6.03. The van der Waals surface area contributed by atoms with E-state index in [0.717, 1.165) is 11.1 Å². The van der Waals surface area contributed by atoms with Gasteiger partial charge in [0.25, 0.3) is 5.91 Å². The van der Waals surface area contributed by atoms with Crippen molar-refractivity contribution < 1.29 is 18.8 Å². The van der Waals surface area contributed by atoms with Gasteiger partial charge < -0.3 is 15.5 Å². The van der Waals surface area contributed by atoms with Gasteiger partial charge in [0.05, 0.1) is 29.5 Å². The summed E-state index contributed by atoms with van der Waals surface area (Å²) in [7, 11) is 1.60. The molecule has 4 amide bonds. The zero-order chi connectivity index (χ0) is 23.9. The highest BCUT2D eigenvalue weighted by molar-refractivity contribution is 6.04. The predicted octanol–water partition coefficient (Wildman–Crippen LogP) is 3.55. The molecule has 0 aromatic heterocycles. The molecule has 33 heavy (non-hydrogen) atoms. The summed E-state index contributed by atoms with van der Waals surface area (Å²) in [4.78, 5) is 41.2. The van der Waals surface area contributed by atoms with Crippen molar-refractivity contribution in [1.82, 2.24) is 15.1 Å². The number of carbonyl (C=O) groups is 3. The molecule has 0 saturated carbocycles. The van der Waals surface area contributed by atoms with E-state index in [-0.39, 0.29) is 36.1 Å². The molecule has 2 N–H and O–H groups in total. The second kappa shape index (κ2) is 8.35. The summed E-state index contributed by atoms with van der Waals surface area (Å²) in [6, 6.07) is 12.8. The van der Waals surface area contributed by atoms with Crippen molar-refractivity contribution in [2.45, 2.75) is 32.2 Å². The van der Waals surface area contributed by atoms with Gasteiger partial charge in [-0.25, -0.2) is 9.18 Å². The largest absolute Gasteiger partial charge is 0.327 e. The molecule has 2 aliphatic heterocycles. The van der Waals surface area contributed by atoms with E-state index in [1.54, 1.807) is 13.1 Å². The van der Waals surface area contributed by atoms with Gasteiger partial charge in [-0.2, -0.15) is 0 Å². The van der Waals surface area contributed by atoms with Gasteiger partial charge in [-0.1, -0.05) is 57.2 Å². The Morgan fingerprint density at radius 2 is 1.79 bits per heavy atom. The van der Waals surface area contributed by atoms with Crippen LogP contribution in [0.4, 0.5) is 14.9 Å². The van der Waals surface area contributed by atoms with E-state index in [2.05, 4.69) is 31.4 Å². The third-order valence-electron chi connectivity index (χ3n) is 6.03. The number of urea groups is 1. The molecule has 0 saturated heterocycles. The Labute approximate surface area is 192 Å². The molecule has 172 valence electrons. The number of nitrogens with one attached hydrogen (secondary N) is 2. The van der Waals surface area contributed by atoms with Crippen LogP contribution in [-0.4, -0.2) is 47.8 Å². The topological polar surface area (TPSA) is 81.8 Å². The first kappa shape index (κ1) is 22.5. The monoisotopic (exact) mass is 450 g/mol. The van der Waals surface area contributed by atoms with E-state index >= 15 is 0 Å². The lowest BCUT2D eigenvalue weighted by atomic mass is 9.85. The average Bonchev–Trinajstić information content (AvgIpc) is 3.08. The van der Waals surface area contributed by atoms with Crippen molar-refractivity contribution in [3.8, 4) is 0 Å². The smallest absolute Gasteiger partial charge is 0.322 e. The molecule has 1 atom stereocenters. The number of amides is 4. The van der Waals surface area contributed by atoms with E-state index in [1.807, 2.05) is 24.3 Å². The lowest BCUT2D eigenvalue weighted by Gasteiger charge is -2.31. The van der Waals surface area contributed by atoms with Crippen LogP contribution < -0.4 is 10.6 Å². The van der Waals surface area contributed by atoms with Crippen molar-refractivity contribution in [1.29, 1.82) is 0 Å². The molecule has 0 fully saturated rings.